The second-order valence-corrected chi connectivity index (χ2v) is 11.7. The van der Waals surface area contributed by atoms with Gasteiger partial charge in [-0.05, 0) is 97.9 Å². The Labute approximate surface area is 250 Å². The summed E-state index contributed by atoms with van der Waals surface area (Å²) in [6.45, 7) is 4.38. The summed E-state index contributed by atoms with van der Waals surface area (Å²) in [5.74, 6) is 0.664. The number of benzene rings is 3. The number of carbonyl (C=O) groups excluding carboxylic acids is 1. The third-order valence-corrected chi connectivity index (χ3v) is 8.75. The van der Waals surface area contributed by atoms with Crippen LogP contribution in [0.4, 0.5) is 5.82 Å². The molecule has 0 saturated carbocycles. The highest BCUT2D eigenvalue weighted by molar-refractivity contribution is 6.35. The highest BCUT2D eigenvalue weighted by atomic mass is 35.5. The minimum absolute atomic E-state index is 0.0450. The molecule has 0 bridgehead atoms. The van der Waals surface area contributed by atoms with E-state index in [1.807, 2.05) is 60.7 Å². The van der Waals surface area contributed by atoms with Gasteiger partial charge in [0.2, 0.25) is 0 Å². The third-order valence-electron chi connectivity index (χ3n) is 8.17. The molecule has 0 aliphatic carbocycles. The molecule has 1 aromatic heterocycles. The molecule has 2 fully saturated rings. The number of nitrogens with one attached hydrogen (secondary N) is 1. The summed E-state index contributed by atoms with van der Waals surface area (Å²) in [5.41, 5.74) is 4.85. The molecule has 2 saturated heterocycles. The number of nitrogens with zero attached hydrogens (tertiary/aromatic N) is 4. The molecule has 4 aromatic rings. The van der Waals surface area contributed by atoms with Crippen molar-refractivity contribution in [3.05, 3.63) is 93.5 Å². The zero-order valence-electron chi connectivity index (χ0n) is 22.7. The third kappa shape index (κ3) is 6.04. The van der Waals surface area contributed by atoms with Crippen molar-refractivity contribution in [3.63, 3.8) is 0 Å². The van der Waals surface area contributed by atoms with Crippen LogP contribution in [0.2, 0.25) is 10.0 Å². The Bertz CT molecular complexity index is 1630. The van der Waals surface area contributed by atoms with Crippen LogP contribution in [-0.4, -0.2) is 52.9 Å². The van der Waals surface area contributed by atoms with Gasteiger partial charge in [-0.3, -0.25) is 4.79 Å². The van der Waals surface area contributed by atoms with Crippen LogP contribution in [0.25, 0.3) is 22.0 Å². The summed E-state index contributed by atoms with van der Waals surface area (Å²) in [5, 5.41) is 14.6. The highest BCUT2D eigenvalue weighted by Gasteiger charge is 2.32. The van der Waals surface area contributed by atoms with Crippen LogP contribution in [0.15, 0.2) is 66.7 Å². The SMILES string of the molecule is N#Cc1ccc(-c2ccc3nc(NCc4ccc(Cl)cc4Cl)cc(C(=O)N4CCC[C@H]4CN4CCCC4)c3c2)cc1. The topological polar surface area (TPSA) is 72.3 Å². The van der Waals surface area contributed by atoms with Gasteiger partial charge in [0, 0.05) is 41.1 Å². The first kappa shape index (κ1) is 27.5. The van der Waals surface area contributed by atoms with Crippen molar-refractivity contribution in [1.29, 1.82) is 5.26 Å². The van der Waals surface area contributed by atoms with E-state index in [1.54, 1.807) is 6.07 Å². The molecular formula is C33H31Cl2N5O. The molecule has 0 radical (unpaired) electrons. The van der Waals surface area contributed by atoms with Gasteiger partial charge >= 0.3 is 0 Å². The molecule has 0 unspecified atom stereocenters. The normalized spacial score (nSPS) is 17.2. The second-order valence-electron chi connectivity index (χ2n) is 10.9. The molecule has 3 aromatic carbocycles. The number of fused-ring (bicyclic) bond motifs is 1. The first-order valence-corrected chi connectivity index (χ1v) is 14.9. The number of amides is 1. The van der Waals surface area contributed by atoms with Gasteiger partial charge in [-0.2, -0.15) is 5.26 Å². The number of aromatic nitrogens is 1. The summed E-state index contributed by atoms with van der Waals surface area (Å²) in [6.07, 6.45) is 4.52. The molecule has 208 valence electrons. The lowest BCUT2D eigenvalue weighted by Gasteiger charge is -2.29. The molecule has 0 spiro atoms. The fraction of sp³-hybridized carbons (Fsp3) is 0.303. The minimum Gasteiger partial charge on any atom is -0.366 e. The molecule has 6 nitrogen and oxygen atoms in total. The van der Waals surface area contributed by atoms with Crippen molar-refractivity contribution in [2.45, 2.75) is 38.3 Å². The van der Waals surface area contributed by atoms with E-state index in [0.717, 1.165) is 66.6 Å². The number of anilines is 1. The predicted octanol–water partition coefficient (Wildman–Crippen LogP) is 7.39. The lowest BCUT2D eigenvalue weighted by molar-refractivity contribution is 0.0710. The fourth-order valence-electron chi connectivity index (χ4n) is 5.97. The Morgan fingerprint density at radius 2 is 1.73 bits per heavy atom. The molecule has 3 heterocycles. The van der Waals surface area contributed by atoms with Crippen LogP contribution in [0.1, 0.15) is 47.2 Å². The lowest BCUT2D eigenvalue weighted by atomic mass is 9.99. The van der Waals surface area contributed by atoms with E-state index in [1.165, 1.54) is 12.8 Å². The summed E-state index contributed by atoms with van der Waals surface area (Å²) in [6, 6.07) is 23.2. The smallest absolute Gasteiger partial charge is 0.254 e. The average molecular weight is 585 g/mol. The number of pyridine rings is 1. The molecule has 1 amide bonds. The average Bonchev–Trinajstić information content (AvgIpc) is 3.68. The number of hydrogen-bond donors (Lipinski definition) is 1. The molecule has 1 N–H and O–H groups in total. The van der Waals surface area contributed by atoms with Crippen LogP contribution >= 0.6 is 23.2 Å². The number of rotatable bonds is 7. The van der Waals surface area contributed by atoms with Crippen molar-refractivity contribution < 1.29 is 4.79 Å². The molecule has 41 heavy (non-hydrogen) atoms. The van der Waals surface area contributed by atoms with Crippen molar-refractivity contribution in [2.75, 3.05) is 31.5 Å². The zero-order chi connectivity index (χ0) is 28.3. The van der Waals surface area contributed by atoms with E-state index in [-0.39, 0.29) is 11.9 Å². The number of nitriles is 1. The molecule has 1 atom stereocenters. The largest absolute Gasteiger partial charge is 0.366 e. The second kappa shape index (κ2) is 12.1. The number of carbonyl (C=O) groups is 1. The minimum atomic E-state index is 0.0450. The maximum absolute atomic E-state index is 14.3. The first-order valence-electron chi connectivity index (χ1n) is 14.1. The Morgan fingerprint density at radius 3 is 2.49 bits per heavy atom. The number of likely N-dealkylation sites (tertiary alicyclic amines) is 2. The molecule has 2 aliphatic rings. The van der Waals surface area contributed by atoms with Gasteiger partial charge in [0.25, 0.3) is 5.91 Å². The van der Waals surface area contributed by atoms with Gasteiger partial charge in [-0.1, -0.05) is 47.5 Å². The van der Waals surface area contributed by atoms with E-state index >= 15 is 0 Å². The standard InChI is InChI=1S/C33H31Cl2N5O/c34-26-11-9-25(30(35)17-26)20-37-32-18-29(33(41)40-15-3-4-27(40)21-39-13-1-2-14-39)28-16-24(10-12-31(28)38-32)23-7-5-22(19-36)6-8-23/h5-12,16-18,27H,1-4,13-15,20-21H2,(H,37,38)/t27-/m0/s1. The van der Waals surface area contributed by atoms with Crippen molar-refractivity contribution in [2.24, 2.45) is 0 Å². The van der Waals surface area contributed by atoms with Gasteiger partial charge in [0.05, 0.1) is 22.7 Å². The fourth-order valence-corrected chi connectivity index (χ4v) is 6.45. The summed E-state index contributed by atoms with van der Waals surface area (Å²) in [7, 11) is 0. The highest BCUT2D eigenvalue weighted by Crippen LogP contribution is 2.31. The van der Waals surface area contributed by atoms with Gasteiger partial charge in [0.1, 0.15) is 5.82 Å². The summed E-state index contributed by atoms with van der Waals surface area (Å²) in [4.78, 5) is 23.7. The van der Waals surface area contributed by atoms with E-state index in [9.17, 15) is 10.1 Å². The van der Waals surface area contributed by atoms with Crippen molar-refractivity contribution in [3.8, 4) is 17.2 Å². The number of halogens is 2. The lowest BCUT2D eigenvalue weighted by Crippen LogP contribution is -2.42. The van der Waals surface area contributed by atoms with Crippen LogP contribution in [0.5, 0.6) is 0 Å². The van der Waals surface area contributed by atoms with Crippen LogP contribution in [0.3, 0.4) is 0 Å². The first-order chi connectivity index (χ1) is 20.0. The van der Waals surface area contributed by atoms with Crippen LogP contribution in [-0.2, 0) is 6.54 Å². The maximum Gasteiger partial charge on any atom is 0.254 e. The molecule has 2 aliphatic heterocycles. The molecule has 8 heteroatoms. The van der Waals surface area contributed by atoms with Crippen LogP contribution in [0, 0.1) is 11.3 Å². The Kier molecular flexibility index (Phi) is 8.11. The van der Waals surface area contributed by atoms with Crippen molar-refractivity contribution >= 4 is 45.8 Å². The van der Waals surface area contributed by atoms with Gasteiger partial charge in [-0.25, -0.2) is 4.98 Å². The van der Waals surface area contributed by atoms with E-state index in [0.29, 0.717) is 33.5 Å². The van der Waals surface area contributed by atoms with E-state index in [4.69, 9.17) is 28.2 Å². The Morgan fingerprint density at radius 1 is 0.951 bits per heavy atom. The Balaban J connectivity index is 1.36. The van der Waals surface area contributed by atoms with Crippen molar-refractivity contribution in [1.82, 2.24) is 14.8 Å². The van der Waals surface area contributed by atoms with E-state index in [2.05, 4.69) is 21.2 Å². The quantitative estimate of drug-likeness (QED) is 0.245. The van der Waals surface area contributed by atoms with Gasteiger partial charge in [0.15, 0.2) is 0 Å². The van der Waals surface area contributed by atoms with Crippen LogP contribution < -0.4 is 5.32 Å². The van der Waals surface area contributed by atoms with Gasteiger partial charge in [-0.15, -0.1) is 0 Å². The summed E-state index contributed by atoms with van der Waals surface area (Å²) >= 11 is 12.5. The molecule has 6 rings (SSSR count). The summed E-state index contributed by atoms with van der Waals surface area (Å²) < 4.78 is 0. The zero-order valence-corrected chi connectivity index (χ0v) is 24.3. The maximum atomic E-state index is 14.3. The van der Waals surface area contributed by atoms with E-state index < -0.39 is 0 Å². The van der Waals surface area contributed by atoms with Gasteiger partial charge < -0.3 is 15.1 Å². The monoisotopic (exact) mass is 583 g/mol. The number of hydrogen-bond acceptors (Lipinski definition) is 5. The Hall–Kier alpha value is -3.63. The predicted molar refractivity (Wildman–Crippen MR) is 165 cm³/mol. The molecular weight excluding hydrogens is 553 g/mol.